The molecular weight excluding hydrogens is 285 g/mol. The van der Waals surface area contributed by atoms with Crippen molar-refractivity contribution < 1.29 is 14.3 Å². The fourth-order valence-corrected chi connectivity index (χ4v) is 1.59. The number of hydrogen-bond donors (Lipinski definition) is 1. The number of nitrogens with one attached hydrogen (secondary N) is 1. The fourth-order valence-electron chi connectivity index (χ4n) is 0.948. The highest BCUT2D eigenvalue weighted by Gasteiger charge is 2.05. The van der Waals surface area contributed by atoms with Crippen LogP contribution in [0.2, 0.25) is 0 Å². The van der Waals surface area contributed by atoms with Gasteiger partial charge in [-0.05, 0) is 34.1 Å². The van der Waals surface area contributed by atoms with Crippen molar-refractivity contribution in [2.75, 3.05) is 18.5 Å². The summed E-state index contributed by atoms with van der Waals surface area (Å²) in [5.41, 5.74) is 0.595. The molecule has 0 bridgehead atoms. The van der Waals surface area contributed by atoms with Crippen molar-refractivity contribution in [1.82, 2.24) is 0 Å². The van der Waals surface area contributed by atoms with Gasteiger partial charge in [-0.15, -0.1) is 0 Å². The lowest BCUT2D eigenvalue weighted by Gasteiger charge is -2.07. The average Bonchev–Trinajstić information content (AvgIpc) is 2.18. The minimum absolute atomic E-state index is 0.177. The monoisotopic (exact) mass is 293 g/mol. The third-order valence-electron chi connectivity index (χ3n) is 1.58. The summed E-state index contributed by atoms with van der Waals surface area (Å²) in [7, 11) is 1.56. The standard InChI is InChI=1S/C9H9BrClNO3/c1-14-8-3-2-6(4-7(8)10)12-9(13)15-5-11/h2-4H,5H2,1H3,(H,12,13). The van der Waals surface area contributed by atoms with E-state index in [1.165, 1.54) is 0 Å². The zero-order valence-electron chi connectivity index (χ0n) is 7.92. The molecule has 0 atom stereocenters. The molecule has 0 heterocycles. The van der Waals surface area contributed by atoms with Gasteiger partial charge in [-0.25, -0.2) is 4.79 Å². The van der Waals surface area contributed by atoms with Crippen LogP contribution in [0.15, 0.2) is 22.7 Å². The lowest BCUT2D eigenvalue weighted by atomic mass is 10.3. The van der Waals surface area contributed by atoms with Crippen LogP contribution in [-0.2, 0) is 4.74 Å². The molecule has 0 spiro atoms. The average molecular weight is 295 g/mol. The van der Waals surface area contributed by atoms with Crippen LogP contribution in [0.5, 0.6) is 5.75 Å². The number of benzene rings is 1. The Bertz CT molecular complexity index is 359. The van der Waals surface area contributed by atoms with Gasteiger partial charge in [-0.3, -0.25) is 5.32 Å². The molecule has 1 aromatic rings. The second kappa shape index (κ2) is 5.82. The summed E-state index contributed by atoms with van der Waals surface area (Å²) in [5, 5.41) is 2.50. The van der Waals surface area contributed by atoms with Gasteiger partial charge >= 0.3 is 6.09 Å². The molecule has 0 fully saturated rings. The zero-order chi connectivity index (χ0) is 11.3. The van der Waals surface area contributed by atoms with E-state index in [1.54, 1.807) is 25.3 Å². The highest BCUT2D eigenvalue weighted by Crippen LogP contribution is 2.27. The number of hydrogen-bond acceptors (Lipinski definition) is 3. The maximum absolute atomic E-state index is 11.0. The number of alkyl halides is 1. The lowest BCUT2D eigenvalue weighted by molar-refractivity contribution is 0.180. The SMILES string of the molecule is COc1ccc(NC(=O)OCCl)cc1Br. The molecule has 0 aliphatic rings. The van der Waals surface area contributed by atoms with Crippen molar-refractivity contribution in [3.8, 4) is 5.75 Å². The summed E-state index contributed by atoms with van der Waals surface area (Å²) in [5.74, 6) is 0.686. The van der Waals surface area contributed by atoms with E-state index < -0.39 is 6.09 Å². The van der Waals surface area contributed by atoms with Gasteiger partial charge < -0.3 is 9.47 Å². The van der Waals surface area contributed by atoms with E-state index >= 15 is 0 Å². The molecule has 0 unspecified atom stereocenters. The van der Waals surface area contributed by atoms with Gasteiger partial charge in [0, 0.05) is 5.69 Å². The van der Waals surface area contributed by atoms with Crippen molar-refractivity contribution in [1.29, 1.82) is 0 Å². The van der Waals surface area contributed by atoms with E-state index in [-0.39, 0.29) is 6.07 Å². The molecule has 6 heteroatoms. The van der Waals surface area contributed by atoms with E-state index in [1.807, 2.05) is 0 Å². The van der Waals surface area contributed by atoms with Crippen LogP contribution in [0, 0.1) is 0 Å². The third kappa shape index (κ3) is 3.60. The van der Waals surface area contributed by atoms with Gasteiger partial charge in [0.2, 0.25) is 0 Å². The smallest absolute Gasteiger partial charge is 0.412 e. The largest absolute Gasteiger partial charge is 0.496 e. The van der Waals surface area contributed by atoms with E-state index in [2.05, 4.69) is 26.0 Å². The number of carbonyl (C=O) groups excluding carboxylic acids is 1. The molecule has 1 aromatic carbocycles. The molecule has 4 nitrogen and oxygen atoms in total. The van der Waals surface area contributed by atoms with Gasteiger partial charge in [0.05, 0.1) is 11.6 Å². The van der Waals surface area contributed by atoms with E-state index in [0.29, 0.717) is 11.4 Å². The normalized spacial score (nSPS) is 9.53. The summed E-state index contributed by atoms with van der Waals surface area (Å²) >= 11 is 8.52. The maximum Gasteiger partial charge on any atom is 0.412 e. The molecule has 0 saturated heterocycles. The second-order valence-electron chi connectivity index (χ2n) is 2.52. The molecule has 0 aliphatic carbocycles. The predicted molar refractivity (Wildman–Crippen MR) is 61.5 cm³/mol. The number of carbonyl (C=O) groups is 1. The molecule has 1 N–H and O–H groups in total. The summed E-state index contributed by atoms with van der Waals surface area (Å²) in [4.78, 5) is 11.0. The number of methoxy groups -OCH3 is 1. The van der Waals surface area contributed by atoms with Crippen LogP contribution < -0.4 is 10.1 Å². The maximum atomic E-state index is 11.0. The van der Waals surface area contributed by atoms with Crippen molar-refractivity contribution in [3.63, 3.8) is 0 Å². The summed E-state index contributed by atoms with van der Waals surface area (Å²) in [6.07, 6.45) is -0.595. The first-order valence-corrected chi connectivity index (χ1v) is 5.33. The van der Waals surface area contributed by atoms with Crippen LogP contribution in [0.25, 0.3) is 0 Å². The Hall–Kier alpha value is -0.940. The first kappa shape index (κ1) is 12.1. The molecule has 0 radical (unpaired) electrons. The van der Waals surface area contributed by atoms with Gasteiger partial charge in [0.25, 0.3) is 0 Å². The van der Waals surface area contributed by atoms with Crippen LogP contribution in [0.1, 0.15) is 0 Å². The first-order chi connectivity index (χ1) is 7.17. The van der Waals surface area contributed by atoms with Gasteiger partial charge in [-0.1, -0.05) is 11.6 Å². The summed E-state index contributed by atoms with van der Waals surface area (Å²) in [6.45, 7) is 0. The van der Waals surface area contributed by atoms with Crippen LogP contribution in [0.3, 0.4) is 0 Å². The molecule has 82 valence electrons. The number of halogens is 2. The number of ether oxygens (including phenoxy) is 2. The van der Waals surface area contributed by atoms with Crippen LogP contribution >= 0.6 is 27.5 Å². The van der Waals surface area contributed by atoms with Crippen molar-refractivity contribution >= 4 is 39.3 Å². The summed E-state index contributed by atoms with van der Waals surface area (Å²) in [6, 6.07) is 4.94. The highest BCUT2D eigenvalue weighted by atomic mass is 79.9. The lowest BCUT2D eigenvalue weighted by Crippen LogP contribution is -2.12. The quantitative estimate of drug-likeness (QED) is 0.871. The van der Waals surface area contributed by atoms with Crippen molar-refractivity contribution in [2.24, 2.45) is 0 Å². The van der Waals surface area contributed by atoms with Gasteiger partial charge in [0.1, 0.15) is 5.75 Å². The molecular formula is C9H9BrClNO3. The molecule has 1 rings (SSSR count). The topological polar surface area (TPSA) is 47.6 Å². The molecule has 0 saturated carbocycles. The minimum atomic E-state index is -0.595. The predicted octanol–water partition coefficient (Wildman–Crippen LogP) is 3.20. The Kier molecular flexibility index (Phi) is 4.71. The molecule has 1 amide bonds. The molecule has 0 aliphatic heterocycles. The molecule has 0 aromatic heterocycles. The van der Waals surface area contributed by atoms with Crippen molar-refractivity contribution in [2.45, 2.75) is 0 Å². The first-order valence-electron chi connectivity index (χ1n) is 4.00. The Labute approximate surface area is 101 Å². The van der Waals surface area contributed by atoms with E-state index in [4.69, 9.17) is 16.3 Å². The fraction of sp³-hybridized carbons (Fsp3) is 0.222. The van der Waals surface area contributed by atoms with E-state index in [9.17, 15) is 4.79 Å². The highest BCUT2D eigenvalue weighted by molar-refractivity contribution is 9.10. The van der Waals surface area contributed by atoms with Gasteiger partial charge in [-0.2, -0.15) is 0 Å². The molecule has 15 heavy (non-hydrogen) atoms. The Morgan fingerprint density at radius 2 is 2.33 bits per heavy atom. The Morgan fingerprint density at radius 3 is 2.87 bits per heavy atom. The van der Waals surface area contributed by atoms with Crippen LogP contribution in [0.4, 0.5) is 10.5 Å². The van der Waals surface area contributed by atoms with Crippen molar-refractivity contribution in [3.05, 3.63) is 22.7 Å². The van der Waals surface area contributed by atoms with Crippen LogP contribution in [-0.4, -0.2) is 19.3 Å². The number of rotatable bonds is 3. The van der Waals surface area contributed by atoms with E-state index in [0.717, 1.165) is 4.47 Å². The minimum Gasteiger partial charge on any atom is -0.496 e. The number of anilines is 1. The Morgan fingerprint density at radius 1 is 1.60 bits per heavy atom. The Balaban J connectivity index is 2.71. The second-order valence-corrected chi connectivity index (χ2v) is 3.59. The summed E-state index contributed by atoms with van der Waals surface area (Å²) < 4.78 is 10.3. The third-order valence-corrected chi connectivity index (χ3v) is 2.31. The zero-order valence-corrected chi connectivity index (χ0v) is 10.3. The number of amides is 1. The van der Waals surface area contributed by atoms with Gasteiger partial charge in [0.15, 0.2) is 6.07 Å².